The van der Waals surface area contributed by atoms with Crippen molar-refractivity contribution in [1.29, 1.82) is 0 Å². The molecule has 0 fully saturated rings. The van der Waals surface area contributed by atoms with Crippen LogP contribution in [0.5, 0.6) is 11.8 Å². The summed E-state index contributed by atoms with van der Waals surface area (Å²) in [6.07, 6.45) is 4.90. The third-order valence-electron chi connectivity index (χ3n) is 2.03. The molecule has 0 aliphatic carbocycles. The van der Waals surface area contributed by atoms with Gasteiger partial charge < -0.3 is 10.5 Å². The molecule has 2 aromatic rings. The van der Waals surface area contributed by atoms with E-state index < -0.39 is 0 Å². The number of thiocarbonyl (C=S) groups is 1. The van der Waals surface area contributed by atoms with Crippen molar-refractivity contribution in [3.8, 4) is 11.8 Å². The average molecular weight is 249 g/mol. The molecule has 88 valence electrons. The smallest absolute Gasteiger partial charge is 0.322 e. The Hall–Kier alpha value is -2.02. The summed E-state index contributed by atoms with van der Waals surface area (Å²) in [4.78, 5) is 8.24. The van der Waals surface area contributed by atoms with Gasteiger partial charge in [0.2, 0.25) is 0 Å². The van der Waals surface area contributed by atoms with Crippen LogP contribution in [0.25, 0.3) is 0 Å². The van der Waals surface area contributed by atoms with Crippen molar-refractivity contribution in [2.45, 2.75) is 13.5 Å². The first-order valence-corrected chi connectivity index (χ1v) is 5.43. The van der Waals surface area contributed by atoms with Crippen molar-refractivity contribution in [3.05, 3.63) is 30.4 Å². The molecule has 0 bridgehead atoms. The van der Waals surface area contributed by atoms with Crippen LogP contribution in [-0.2, 0) is 6.54 Å². The molecule has 0 aliphatic rings. The highest BCUT2D eigenvalue weighted by Crippen LogP contribution is 2.16. The highest BCUT2D eigenvalue weighted by molar-refractivity contribution is 7.80. The van der Waals surface area contributed by atoms with Crippen LogP contribution in [0.1, 0.15) is 12.6 Å². The van der Waals surface area contributed by atoms with E-state index in [1.165, 1.54) is 0 Å². The second-order valence-corrected chi connectivity index (χ2v) is 3.66. The fraction of sp³-hybridized carbons (Fsp3) is 0.200. The van der Waals surface area contributed by atoms with Crippen molar-refractivity contribution in [2.75, 3.05) is 0 Å². The molecule has 6 nitrogen and oxygen atoms in total. The Bertz CT molecular complexity index is 539. The van der Waals surface area contributed by atoms with E-state index in [2.05, 4.69) is 15.1 Å². The molecule has 2 N–H and O–H groups in total. The third kappa shape index (κ3) is 2.76. The van der Waals surface area contributed by atoms with Crippen LogP contribution in [0.4, 0.5) is 0 Å². The minimum Gasteiger partial charge on any atom is -0.421 e. The monoisotopic (exact) mass is 249 g/mol. The first-order chi connectivity index (χ1) is 8.19. The number of nitrogens with two attached hydrogens (primary N) is 1. The Morgan fingerprint density at radius 2 is 2.41 bits per heavy atom. The van der Waals surface area contributed by atoms with E-state index in [0.29, 0.717) is 11.4 Å². The summed E-state index contributed by atoms with van der Waals surface area (Å²) < 4.78 is 7.17. The van der Waals surface area contributed by atoms with Gasteiger partial charge in [0, 0.05) is 12.7 Å². The molecular formula is C10H11N5OS. The summed E-state index contributed by atoms with van der Waals surface area (Å²) in [5, 5.41) is 4.07. The molecule has 2 aromatic heterocycles. The average Bonchev–Trinajstić information content (AvgIpc) is 2.77. The van der Waals surface area contributed by atoms with E-state index in [9.17, 15) is 0 Å². The third-order valence-corrected chi connectivity index (χ3v) is 2.24. The van der Waals surface area contributed by atoms with Crippen molar-refractivity contribution >= 4 is 17.2 Å². The summed E-state index contributed by atoms with van der Waals surface area (Å²) in [5.41, 5.74) is 5.95. The highest BCUT2D eigenvalue weighted by atomic mass is 32.1. The summed E-state index contributed by atoms with van der Waals surface area (Å²) >= 11 is 4.82. The quantitative estimate of drug-likeness (QED) is 0.818. The van der Waals surface area contributed by atoms with Crippen LogP contribution < -0.4 is 10.5 Å². The molecule has 2 heterocycles. The number of rotatable bonds is 4. The molecule has 17 heavy (non-hydrogen) atoms. The molecule has 7 heteroatoms. The maximum absolute atomic E-state index is 5.47. The van der Waals surface area contributed by atoms with E-state index >= 15 is 0 Å². The Kier molecular flexibility index (Phi) is 3.29. The molecule has 0 aromatic carbocycles. The number of hydrogen-bond donors (Lipinski definition) is 1. The molecule has 0 radical (unpaired) electrons. The van der Waals surface area contributed by atoms with E-state index in [1.807, 2.05) is 6.92 Å². The van der Waals surface area contributed by atoms with Gasteiger partial charge in [-0.3, -0.25) is 4.68 Å². The van der Waals surface area contributed by atoms with Gasteiger partial charge in [0.05, 0.1) is 12.4 Å². The molecule has 2 rings (SSSR count). The number of aromatic nitrogens is 4. The lowest BCUT2D eigenvalue weighted by molar-refractivity contribution is 0.440. The number of nitrogens with zero attached hydrogens (tertiary/aromatic N) is 4. The molecule has 0 aliphatic heterocycles. The molecule has 0 spiro atoms. The van der Waals surface area contributed by atoms with Crippen molar-refractivity contribution in [2.24, 2.45) is 5.73 Å². The Labute approximate surface area is 103 Å². The van der Waals surface area contributed by atoms with Gasteiger partial charge in [-0.2, -0.15) is 10.1 Å². The molecular weight excluding hydrogens is 238 g/mol. The Morgan fingerprint density at radius 1 is 1.59 bits per heavy atom. The van der Waals surface area contributed by atoms with E-state index in [4.69, 9.17) is 22.7 Å². The summed E-state index contributed by atoms with van der Waals surface area (Å²) in [7, 11) is 0. The topological polar surface area (TPSA) is 78.9 Å². The van der Waals surface area contributed by atoms with Crippen LogP contribution in [0.2, 0.25) is 0 Å². The molecule has 0 amide bonds. The van der Waals surface area contributed by atoms with Crippen molar-refractivity contribution < 1.29 is 4.74 Å². The molecule has 0 atom stereocenters. The number of hydrogen-bond acceptors (Lipinski definition) is 5. The lowest BCUT2D eigenvalue weighted by Gasteiger charge is -2.01. The van der Waals surface area contributed by atoms with E-state index in [1.54, 1.807) is 29.3 Å². The number of ether oxygens (including phenoxy) is 1. The van der Waals surface area contributed by atoms with E-state index in [0.717, 1.165) is 6.54 Å². The van der Waals surface area contributed by atoms with Crippen LogP contribution >= 0.6 is 12.2 Å². The lowest BCUT2D eigenvalue weighted by Crippen LogP contribution is -2.12. The first-order valence-electron chi connectivity index (χ1n) is 5.02. The van der Waals surface area contributed by atoms with Gasteiger partial charge >= 0.3 is 6.01 Å². The van der Waals surface area contributed by atoms with Gasteiger partial charge in [-0.05, 0) is 13.0 Å². The Morgan fingerprint density at radius 3 is 3.06 bits per heavy atom. The van der Waals surface area contributed by atoms with Gasteiger partial charge in [0.15, 0.2) is 5.75 Å². The second kappa shape index (κ2) is 4.88. The maximum Gasteiger partial charge on any atom is 0.322 e. The van der Waals surface area contributed by atoms with Crippen LogP contribution in [-0.4, -0.2) is 24.7 Å². The van der Waals surface area contributed by atoms with E-state index in [-0.39, 0.29) is 11.0 Å². The van der Waals surface area contributed by atoms with Crippen molar-refractivity contribution in [3.63, 3.8) is 0 Å². The maximum atomic E-state index is 5.47. The molecule has 0 unspecified atom stereocenters. The van der Waals surface area contributed by atoms with Crippen LogP contribution in [0.15, 0.2) is 24.7 Å². The largest absolute Gasteiger partial charge is 0.421 e. The standard InChI is InChI=1S/C10H11N5OS/c1-2-15-6-7(5-13-15)16-10-12-4-3-8(14-10)9(11)17/h3-6H,2H2,1H3,(H2,11,17). The molecule has 0 saturated heterocycles. The summed E-state index contributed by atoms with van der Waals surface area (Å²) in [5.74, 6) is 0.576. The number of aryl methyl sites for hydroxylation is 1. The molecule has 0 saturated carbocycles. The van der Waals surface area contributed by atoms with Crippen molar-refractivity contribution in [1.82, 2.24) is 19.7 Å². The Balaban J connectivity index is 2.18. The van der Waals surface area contributed by atoms with Gasteiger partial charge in [-0.25, -0.2) is 4.98 Å². The highest BCUT2D eigenvalue weighted by Gasteiger charge is 2.05. The predicted molar refractivity (Wildman–Crippen MR) is 65.9 cm³/mol. The fourth-order valence-electron chi connectivity index (χ4n) is 1.20. The minimum absolute atomic E-state index is 0.200. The zero-order chi connectivity index (χ0) is 12.3. The first kappa shape index (κ1) is 11.5. The normalized spacial score (nSPS) is 10.2. The minimum atomic E-state index is 0.200. The zero-order valence-corrected chi connectivity index (χ0v) is 10.0. The SMILES string of the molecule is CCn1cc(Oc2nccc(C(N)=S)n2)cn1. The lowest BCUT2D eigenvalue weighted by atomic mass is 10.4. The summed E-state index contributed by atoms with van der Waals surface area (Å²) in [6.45, 7) is 2.76. The van der Waals surface area contributed by atoms with Gasteiger partial charge in [-0.15, -0.1) is 0 Å². The predicted octanol–water partition coefficient (Wildman–Crippen LogP) is 1.12. The van der Waals surface area contributed by atoms with Gasteiger partial charge in [-0.1, -0.05) is 12.2 Å². The van der Waals surface area contributed by atoms with Gasteiger partial charge in [0.25, 0.3) is 0 Å². The van der Waals surface area contributed by atoms with Gasteiger partial charge in [0.1, 0.15) is 10.7 Å². The van der Waals surface area contributed by atoms with Crippen LogP contribution in [0, 0.1) is 0 Å². The van der Waals surface area contributed by atoms with Crippen LogP contribution in [0.3, 0.4) is 0 Å². The zero-order valence-electron chi connectivity index (χ0n) is 9.20. The fourth-order valence-corrected chi connectivity index (χ4v) is 1.32. The summed E-state index contributed by atoms with van der Waals surface area (Å²) in [6, 6.07) is 1.83. The second-order valence-electron chi connectivity index (χ2n) is 3.22.